The summed E-state index contributed by atoms with van der Waals surface area (Å²) in [5.41, 5.74) is 1.78. The number of carbonyl (C=O) groups is 1. The molecule has 3 rings (SSSR count). The van der Waals surface area contributed by atoms with Crippen molar-refractivity contribution in [2.24, 2.45) is 5.92 Å². The number of aliphatic hydroxyl groups excluding tert-OH is 2. The van der Waals surface area contributed by atoms with Gasteiger partial charge in [0.25, 0.3) is 0 Å². The Balaban J connectivity index is 2.12. The molecule has 0 spiro atoms. The lowest BCUT2D eigenvalue weighted by atomic mass is 9.88. The fourth-order valence-electron chi connectivity index (χ4n) is 2.62. The molecule has 0 amide bonds. The summed E-state index contributed by atoms with van der Waals surface area (Å²) in [6, 6.07) is 7.68. The van der Waals surface area contributed by atoms with E-state index in [0.29, 0.717) is 0 Å². The summed E-state index contributed by atoms with van der Waals surface area (Å²) in [4.78, 5) is 15.1. The molecule has 0 bridgehead atoms. The molecular formula is C14H13NO3. The summed E-state index contributed by atoms with van der Waals surface area (Å²) >= 11 is 0. The maximum Gasteiger partial charge on any atom is 0.204 e. The largest absolute Gasteiger partial charge is 0.505 e. The van der Waals surface area contributed by atoms with Gasteiger partial charge in [-0.2, -0.15) is 0 Å². The minimum Gasteiger partial charge on any atom is -0.505 e. The van der Waals surface area contributed by atoms with E-state index >= 15 is 0 Å². The molecule has 0 radical (unpaired) electrons. The van der Waals surface area contributed by atoms with Gasteiger partial charge in [0.1, 0.15) is 0 Å². The van der Waals surface area contributed by atoms with Crippen LogP contribution in [0.5, 0.6) is 0 Å². The van der Waals surface area contributed by atoms with Crippen LogP contribution in [-0.4, -0.2) is 27.6 Å². The van der Waals surface area contributed by atoms with Gasteiger partial charge in [0.2, 0.25) is 5.78 Å². The van der Waals surface area contributed by atoms with Crippen molar-refractivity contribution in [3.63, 3.8) is 0 Å². The quantitative estimate of drug-likeness (QED) is 0.754. The molecule has 3 N–H and O–H groups in total. The minimum absolute atomic E-state index is 0.153. The molecule has 2 atom stereocenters. The maximum atomic E-state index is 12.0. The summed E-state index contributed by atoms with van der Waals surface area (Å²) < 4.78 is 0. The summed E-state index contributed by atoms with van der Waals surface area (Å²) in [6.45, 7) is -0.153. The number of carbonyl (C=O) groups excluding carboxylic acids is 1. The second-order valence-corrected chi connectivity index (χ2v) is 4.53. The number of aromatic nitrogens is 1. The van der Waals surface area contributed by atoms with E-state index in [1.807, 2.05) is 24.3 Å². The van der Waals surface area contributed by atoms with Gasteiger partial charge in [0.15, 0.2) is 5.76 Å². The zero-order valence-corrected chi connectivity index (χ0v) is 9.63. The Morgan fingerprint density at radius 3 is 2.83 bits per heavy atom. The Morgan fingerprint density at radius 1 is 1.28 bits per heavy atom. The van der Waals surface area contributed by atoms with Gasteiger partial charge in [0.05, 0.1) is 12.5 Å². The number of aliphatic hydroxyl groups is 2. The van der Waals surface area contributed by atoms with Crippen LogP contribution in [0.3, 0.4) is 0 Å². The smallest absolute Gasteiger partial charge is 0.204 e. The number of para-hydroxylation sites is 1. The second-order valence-electron chi connectivity index (χ2n) is 4.53. The Kier molecular flexibility index (Phi) is 2.45. The number of allylic oxidation sites excluding steroid dienone is 1. The number of fused-ring (bicyclic) bond motifs is 1. The van der Waals surface area contributed by atoms with Gasteiger partial charge < -0.3 is 15.2 Å². The molecule has 1 aromatic heterocycles. The number of Topliss-reactive ketones (excluding diaryl/α,β-unsaturated/α-hetero) is 1. The first-order chi connectivity index (χ1) is 8.72. The Bertz CT molecular complexity index is 641. The average molecular weight is 243 g/mol. The molecule has 4 nitrogen and oxygen atoms in total. The van der Waals surface area contributed by atoms with Crippen LogP contribution in [0.4, 0.5) is 0 Å². The Labute approximate surface area is 104 Å². The van der Waals surface area contributed by atoms with Crippen LogP contribution >= 0.6 is 0 Å². The summed E-state index contributed by atoms with van der Waals surface area (Å²) in [6.07, 6.45) is 3.22. The molecule has 4 heteroatoms. The zero-order chi connectivity index (χ0) is 12.7. The normalized spacial score (nSPS) is 23.6. The first-order valence-corrected chi connectivity index (χ1v) is 5.84. The fourth-order valence-corrected chi connectivity index (χ4v) is 2.62. The van der Waals surface area contributed by atoms with Crippen molar-refractivity contribution >= 4 is 16.7 Å². The lowest BCUT2D eigenvalue weighted by molar-refractivity contribution is -0.119. The van der Waals surface area contributed by atoms with Crippen LogP contribution in [0.2, 0.25) is 0 Å². The van der Waals surface area contributed by atoms with Crippen molar-refractivity contribution < 1.29 is 15.0 Å². The number of nitrogens with one attached hydrogen (secondary N) is 1. The van der Waals surface area contributed by atoms with Crippen LogP contribution in [0.1, 0.15) is 11.5 Å². The molecular weight excluding hydrogens is 230 g/mol. The third kappa shape index (κ3) is 1.46. The first kappa shape index (κ1) is 11.0. The highest BCUT2D eigenvalue weighted by molar-refractivity contribution is 6.03. The molecule has 0 saturated heterocycles. The van der Waals surface area contributed by atoms with Crippen molar-refractivity contribution in [1.82, 2.24) is 4.98 Å². The van der Waals surface area contributed by atoms with Crippen LogP contribution in [0.15, 0.2) is 42.3 Å². The van der Waals surface area contributed by atoms with Crippen molar-refractivity contribution in [2.75, 3.05) is 6.61 Å². The Morgan fingerprint density at radius 2 is 2.06 bits per heavy atom. The number of ketones is 1. The molecule has 0 fully saturated rings. The van der Waals surface area contributed by atoms with E-state index in [1.54, 1.807) is 6.20 Å². The summed E-state index contributed by atoms with van der Waals surface area (Å²) in [5, 5.41) is 19.8. The molecule has 0 aliphatic heterocycles. The topological polar surface area (TPSA) is 73.3 Å². The lowest BCUT2D eigenvalue weighted by Crippen LogP contribution is -2.17. The van der Waals surface area contributed by atoms with Crippen LogP contribution < -0.4 is 0 Å². The number of rotatable bonds is 2. The van der Waals surface area contributed by atoms with Gasteiger partial charge in [-0.1, -0.05) is 18.2 Å². The number of hydrogen-bond acceptors (Lipinski definition) is 3. The average Bonchev–Trinajstić information content (AvgIpc) is 2.92. The zero-order valence-electron chi connectivity index (χ0n) is 9.63. The Hall–Kier alpha value is -2.07. The van der Waals surface area contributed by atoms with Crippen LogP contribution in [0, 0.1) is 5.92 Å². The fraction of sp³-hybridized carbons (Fsp3) is 0.214. The molecule has 92 valence electrons. The van der Waals surface area contributed by atoms with Crippen molar-refractivity contribution in [3.8, 4) is 0 Å². The van der Waals surface area contributed by atoms with E-state index < -0.39 is 5.92 Å². The number of H-pyrrole nitrogens is 1. The number of benzene rings is 1. The standard InChI is InChI=1S/C14H13NO3/c16-7-8-5-12(17)14(18)13(8)10-6-15-11-4-2-1-3-9(10)11/h1-6,8,13,15-17H,7H2. The molecule has 1 heterocycles. The predicted octanol–water partition coefficient (Wildman–Crippen LogP) is 1.88. The van der Waals surface area contributed by atoms with Gasteiger partial charge in [-0.3, -0.25) is 4.79 Å². The molecule has 0 saturated carbocycles. The lowest BCUT2D eigenvalue weighted by Gasteiger charge is -2.14. The van der Waals surface area contributed by atoms with Crippen molar-refractivity contribution in [2.45, 2.75) is 5.92 Å². The van der Waals surface area contributed by atoms with Gasteiger partial charge in [-0.15, -0.1) is 0 Å². The van der Waals surface area contributed by atoms with Gasteiger partial charge >= 0.3 is 0 Å². The van der Waals surface area contributed by atoms with E-state index in [2.05, 4.69) is 4.98 Å². The minimum atomic E-state index is -0.494. The first-order valence-electron chi connectivity index (χ1n) is 5.84. The van der Waals surface area contributed by atoms with E-state index in [1.165, 1.54) is 6.08 Å². The highest BCUT2D eigenvalue weighted by Gasteiger charge is 2.37. The SMILES string of the molecule is O=C1C(O)=CC(CO)C1c1c[nH]c2ccccc12. The molecule has 1 aliphatic carbocycles. The third-order valence-electron chi connectivity index (χ3n) is 3.50. The van der Waals surface area contributed by atoms with E-state index in [9.17, 15) is 15.0 Å². The summed E-state index contributed by atoms with van der Waals surface area (Å²) in [7, 11) is 0. The third-order valence-corrected chi connectivity index (χ3v) is 3.50. The molecule has 18 heavy (non-hydrogen) atoms. The van der Waals surface area contributed by atoms with E-state index in [4.69, 9.17) is 0 Å². The molecule has 2 unspecified atom stereocenters. The van der Waals surface area contributed by atoms with Gasteiger partial charge in [-0.25, -0.2) is 0 Å². The van der Waals surface area contributed by atoms with E-state index in [0.717, 1.165) is 16.5 Å². The monoisotopic (exact) mass is 243 g/mol. The summed E-state index contributed by atoms with van der Waals surface area (Å²) in [5.74, 6) is -1.41. The second kappa shape index (κ2) is 3.99. The van der Waals surface area contributed by atoms with Crippen molar-refractivity contribution in [1.29, 1.82) is 0 Å². The molecule has 1 aromatic carbocycles. The number of aromatic amines is 1. The molecule has 1 aliphatic rings. The van der Waals surface area contributed by atoms with Crippen LogP contribution in [0.25, 0.3) is 10.9 Å². The molecule has 2 aromatic rings. The van der Waals surface area contributed by atoms with E-state index in [-0.39, 0.29) is 24.1 Å². The van der Waals surface area contributed by atoms with Crippen molar-refractivity contribution in [3.05, 3.63) is 47.9 Å². The highest BCUT2D eigenvalue weighted by atomic mass is 16.3. The van der Waals surface area contributed by atoms with Gasteiger partial charge in [-0.05, 0) is 17.7 Å². The predicted molar refractivity (Wildman–Crippen MR) is 67.3 cm³/mol. The number of hydrogen-bond donors (Lipinski definition) is 3. The van der Waals surface area contributed by atoms with Crippen LogP contribution in [-0.2, 0) is 4.79 Å². The maximum absolute atomic E-state index is 12.0. The highest BCUT2D eigenvalue weighted by Crippen LogP contribution is 2.38. The van der Waals surface area contributed by atoms with Gasteiger partial charge in [0, 0.05) is 23.0 Å².